The summed E-state index contributed by atoms with van der Waals surface area (Å²) in [6, 6.07) is 5.22. The third kappa shape index (κ3) is 3.32. The van der Waals surface area contributed by atoms with Crippen molar-refractivity contribution in [2.75, 3.05) is 23.3 Å². The van der Waals surface area contributed by atoms with Crippen LogP contribution in [0.3, 0.4) is 0 Å². The molecule has 1 aromatic carbocycles. The molecule has 1 aromatic heterocycles. The molecule has 0 spiro atoms. The van der Waals surface area contributed by atoms with Crippen LogP contribution in [-0.4, -0.2) is 23.1 Å². The Morgan fingerprint density at radius 2 is 2.14 bits per heavy atom. The minimum atomic E-state index is -0.666. The molecule has 22 heavy (non-hydrogen) atoms. The van der Waals surface area contributed by atoms with Crippen LogP contribution < -0.4 is 10.2 Å². The molecule has 1 N–H and O–H groups in total. The highest BCUT2D eigenvalue weighted by Gasteiger charge is 2.18. The zero-order chi connectivity index (χ0) is 15.5. The summed E-state index contributed by atoms with van der Waals surface area (Å²) >= 11 is 0. The van der Waals surface area contributed by atoms with Gasteiger partial charge in [-0.2, -0.15) is 4.98 Å². The van der Waals surface area contributed by atoms with Crippen LogP contribution in [0.2, 0.25) is 0 Å². The van der Waals surface area contributed by atoms with Gasteiger partial charge in [-0.15, -0.1) is 0 Å². The van der Waals surface area contributed by atoms with Crippen LogP contribution in [0.4, 0.5) is 26.2 Å². The Labute approximate surface area is 128 Å². The largest absolute Gasteiger partial charge is 0.356 e. The number of benzene rings is 1. The van der Waals surface area contributed by atoms with Crippen molar-refractivity contribution in [3.8, 4) is 0 Å². The molecule has 0 saturated carbocycles. The number of hydrogen-bond donors (Lipinski definition) is 1. The number of rotatable bonds is 3. The Bertz CT molecular complexity index is 662. The quantitative estimate of drug-likeness (QED) is 0.938. The summed E-state index contributed by atoms with van der Waals surface area (Å²) in [7, 11) is 0. The van der Waals surface area contributed by atoms with Gasteiger partial charge in [0.05, 0.1) is 5.69 Å². The van der Waals surface area contributed by atoms with Gasteiger partial charge in [0, 0.05) is 25.4 Å². The monoisotopic (exact) mass is 304 g/mol. The lowest BCUT2D eigenvalue weighted by Crippen LogP contribution is -2.34. The lowest BCUT2D eigenvalue weighted by Gasteiger charge is -2.31. The normalized spacial score (nSPS) is 18.3. The van der Waals surface area contributed by atoms with Crippen LogP contribution >= 0.6 is 0 Å². The highest BCUT2D eigenvalue weighted by atomic mass is 19.1. The lowest BCUT2D eigenvalue weighted by molar-refractivity contribution is 0.444. The zero-order valence-corrected chi connectivity index (χ0v) is 12.4. The van der Waals surface area contributed by atoms with E-state index in [-0.39, 0.29) is 5.69 Å². The van der Waals surface area contributed by atoms with E-state index in [9.17, 15) is 8.78 Å². The number of nitrogens with one attached hydrogen (secondary N) is 1. The number of halogens is 2. The van der Waals surface area contributed by atoms with E-state index < -0.39 is 11.6 Å². The molecule has 1 unspecified atom stereocenters. The molecule has 0 aliphatic carbocycles. The van der Waals surface area contributed by atoms with Gasteiger partial charge in [0.1, 0.15) is 17.5 Å². The fourth-order valence-electron chi connectivity index (χ4n) is 2.69. The Hall–Kier alpha value is -2.24. The van der Waals surface area contributed by atoms with Gasteiger partial charge < -0.3 is 10.2 Å². The van der Waals surface area contributed by atoms with E-state index in [2.05, 4.69) is 27.1 Å². The molecule has 1 atom stereocenters. The Balaban J connectivity index is 1.79. The first-order chi connectivity index (χ1) is 10.6. The summed E-state index contributed by atoms with van der Waals surface area (Å²) in [5, 5.41) is 2.80. The van der Waals surface area contributed by atoms with Crippen molar-refractivity contribution in [1.82, 2.24) is 9.97 Å². The molecule has 0 amide bonds. The predicted octanol–water partition coefficient (Wildman–Crippen LogP) is 3.73. The molecule has 4 nitrogen and oxygen atoms in total. The summed E-state index contributed by atoms with van der Waals surface area (Å²) in [5.74, 6) is 0.489. The zero-order valence-electron chi connectivity index (χ0n) is 12.4. The summed E-state index contributed by atoms with van der Waals surface area (Å²) in [5.41, 5.74) is 0.158. The first-order valence-electron chi connectivity index (χ1n) is 7.42. The Morgan fingerprint density at radius 3 is 2.91 bits per heavy atom. The van der Waals surface area contributed by atoms with Gasteiger partial charge in [-0.3, -0.25) is 0 Å². The minimum Gasteiger partial charge on any atom is -0.356 e. The summed E-state index contributed by atoms with van der Waals surface area (Å²) < 4.78 is 26.6. The van der Waals surface area contributed by atoms with Crippen molar-refractivity contribution >= 4 is 17.5 Å². The molecule has 1 aliphatic heterocycles. The first kappa shape index (κ1) is 14.7. The van der Waals surface area contributed by atoms with Gasteiger partial charge in [0.25, 0.3) is 0 Å². The van der Waals surface area contributed by atoms with Gasteiger partial charge in [-0.25, -0.2) is 13.8 Å². The number of anilines is 3. The maximum Gasteiger partial charge on any atom is 0.229 e. The highest BCUT2D eigenvalue weighted by Crippen LogP contribution is 2.23. The van der Waals surface area contributed by atoms with Crippen LogP contribution in [0.15, 0.2) is 30.5 Å². The van der Waals surface area contributed by atoms with E-state index in [1.54, 1.807) is 6.20 Å². The molecule has 6 heteroatoms. The van der Waals surface area contributed by atoms with Crippen LogP contribution in [0.1, 0.15) is 19.8 Å². The van der Waals surface area contributed by atoms with E-state index in [1.165, 1.54) is 18.6 Å². The predicted molar refractivity (Wildman–Crippen MR) is 82.3 cm³/mol. The molecule has 1 fully saturated rings. The number of piperidine rings is 1. The lowest BCUT2D eigenvalue weighted by atomic mass is 10.0. The van der Waals surface area contributed by atoms with E-state index in [1.807, 2.05) is 6.07 Å². The van der Waals surface area contributed by atoms with Crippen molar-refractivity contribution < 1.29 is 8.78 Å². The Kier molecular flexibility index (Phi) is 4.18. The maximum atomic E-state index is 13.7. The third-order valence-corrected chi connectivity index (χ3v) is 3.80. The standard InChI is InChI=1S/C16H18F2N4/c1-11-3-2-8-22(10-11)15-6-7-19-16(21-15)20-14-5-4-12(17)9-13(14)18/h4-7,9,11H,2-3,8,10H2,1H3,(H,19,20,21). The maximum absolute atomic E-state index is 13.7. The van der Waals surface area contributed by atoms with Gasteiger partial charge in [0.15, 0.2) is 0 Å². The second-order valence-corrected chi connectivity index (χ2v) is 5.68. The number of hydrogen-bond acceptors (Lipinski definition) is 4. The van der Waals surface area contributed by atoms with Crippen LogP contribution in [0.25, 0.3) is 0 Å². The van der Waals surface area contributed by atoms with Gasteiger partial charge in [0.2, 0.25) is 5.95 Å². The molecule has 1 aliphatic rings. The summed E-state index contributed by atoms with van der Waals surface area (Å²) in [4.78, 5) is 10.7. The third-order valence-electron chi connectivity index (χ3n) is 3.80. The second-order valence-electron chi connectivity index (χ2n) is 5.68. The van der Waals surface area contributed by atoms with Crippen LogP contribution in [-0.2, 0) is 0 Å². The average molecular weight is 304 g/mol. The van der Waals surface area contributed by atoms with Crippen LogP contribution in [0, 0.1) is 17.6 Å². The molecule has 1 saturated heterocycles. The fraction of sp³-hybridized carbons (Fsp3) is 0.375. The molecule has 116 valence electrons. The van der Waals surface area contributed by atoms with Crippen LogP contribution in [0.5, 0.6) is 0 Å². The Morgan fingerprint density at radius 1 is 1.27 bits per heavy atom. The molecule has 0 bridgehead atoms. The van der Waals surface area contributed by atoms with Crippen molar-refractivity contribution in [2.24, 2.45) is 5.92 Å². The molecule has 0 radical (unpaired) electrons. The topological polar surface area (TPSA) is 41.1 Å². The SMILES string of the molecule is CC1CCCN(c2ccnc(Nc3ccc(F)cc3F)n2)C1. The summed E-state index contributed by atoms with van der Waals surface area (Å²) in [6.07, 6.45) is 4.01. The fourth-order valence-corrected chi connectivity index (χ4v) is 2.69. The van der Waals surface area contributed by atoms with Crippen molar-refractivity contribution in [3.63, 3.8) is 0 Å². The van der Waals surface area contributed by atoms with Gasteiger partial charge >= 0.3 is 0 Å². The molecular formula is C16H18F2N4. The smallest absolute Gasteiger partial charge is 0.229 e. The van der Waals surface area contributed by atoms with E-state index in [4.69, 9.17) is 0 Å². The molecule has 2 heterocycles. The van der Waals surface area contributed by atoms with Crippen molar-refractivity contribution in [3.05, 3.63) is 42.1 Å². The van der Waals surface area contributed by atoms with E-state index in [0.717, 1.165) is 31.4 Å². The molecular weight excluding hydrogens is 286 g/mol. The number of aromatic nitrogens is 2. The second kappa shape index (κ2) is 6.25. The van der Waals surface area contributed by atoms with Gasteiger partial charge in [-0.1, -0.05) is 6.92 Å². The molecule has 3 rings (SSSR count). The van der Waals surface area contributed by atoms with E-state index >= 15 is 0 Å². The molecule has 2 aromatic rings. The number of nitrogens with zero attached hydrogens (tertiary/aromatic N) is 3. The average Bonchev–Trinajstić information content (AvgIpc) is 2.50. The van der Waals surface area contributed by atoms with E-state index in [0.29, 0.717) is 11.9 Å². The first-order valence-corrected chi connectivity index (χ1v) is 7.42. The highest BCUT2D eigenvalue weighted by molar-refractivity contribution is 5.55. The van der Waals surface area contributed by atoms with Crippen molar-refractivity contribution in [2.45, 2.75) is 19.8 Å². The van der Waals surface area contributed by atoms with Crippen molar-refractivity contribution in [1.29, 1.82) is 0 Å². The summed E-state index contributed by atoms with van der Waals surface area (Å²) in [6.45, 7) is 4.15. The minimum absolute atomic E-state index is 0.158. The van der Waals surface area contributed by atoms with Gasteiger partial charge in [-0.05, 0) is 37.0 Å².